The van der Waals surface area contributed by atoms with Crippen LogP contribution in [0.25, 0.3) is 0 Å². The van der Waals surface area contributed by atoms with Crippen LogP contribution in [-0.4, -0.2) is 23.3 Å². The fourth-order valence-corrected chi connectivity index (χ4v) is 3.03. The maximum atomic E-state index is 12.2. The molecule has 2 amide bonds. The Hall–Kier alpha value is -1.77. The average Bonchev–Trinajstić information content (AvgIpc) is 2.59. The molecule has 2 aromatic carbocycles. The van der Waals surface area contributed by atoms with E-state index in [1.807, 2.05) is 0 Å². The molecule has 25 heavy (non-hydrogen) atoms. The maximum Gasteiger partial charge on any atom is 0.288 e. The van der Waals surface area contributed by atoms with Gasteiger partial charge in [-0.2, -0.15) is 8.78 Å². The molecule has 0 unspecified atom stereocenters. The molecule has 4 nitrogen and oxygen atoms in total. The average molecular weight is 403 g/mol. The van der Waals surface area contributed by atoms with E-state index in [9.17, 15) is 18.4 Å². The summed E-state index contributed by atoms with van der Waals surface area (Å²) < 4.78 is 24.5. The van der Waals surface area contributed by atoms with Crippen LogP contribution < -0.4 is 10.9 Å². The van der Waals surface area contributed by atoms with Crippen molar-refractivity contribution in [3.05, 3.63) is 59.1 Å². The zero-order valence-electron chi connectivity index (χ0n) is 12.7. The molecule has 0 aliphatic rings. The van der Waals surface area contributed by atoms with Crippen LogP contribution in [0.1, 0.15) is 10.4 Å². The summed E-state index contributed by atoms with van der Waals surface area (Å²) in [6.07, 6.45) is 0. The van der Waals surface area contributed by atoms with Gasteiger partial charge in [-0.25, -0.2) is 0 Å². The molecule has 0 bridgehead atoms. The summed E-state index contributed by atoms with van der Waals surface area (Å²) in [5, 5.41) is 0.610. The van der Waals surface area contributed by atoms with Crippen molar-refractivity contribution in [2.45, 2.75) is 15.5 Å². The summed E-state index contributed by atoms with van der Waals surface area (Å²) >= 11 is 7.47. The van der Waals surface area contributed by atoms with Crippen molar-refractivity contribution in [2.75, 3.05) is 5.75 Å². The molecule has 0 saturated heterocycles. The zero-order valence-corrected chi connectivity index (χ0v) is 15.1. The number of nitrogens with one attached hydrogen (secondary N) is 2. The molecule has 132 valence electrons. The molecular formula is C16H13ClF2N2O2S2. The van der Waals surface area contributed by atoms with Gasteiger partial charge in [0.05, 0.1) is 5.75 Å². The lowest BCUT2D eigenvalue weighted by atomic mass is 10.2. The van der Waals surface area contributed by atoms with Gasteiger partial charge in [0.25, 0.3) is 11.7 Å². The highest BCUT2D eigenvalue weighted by atomic mass is 35.5. The zero-order chi connectivity index (χ0) is 18.2. The van der Waals surface area contributed by atoms with E-state index in [4.69, 9.17) is 11.6 Å². The second-order valence-corrected chi connectivity index (χ2v) is 7.20. The van der Waals surface area contributed by atoms with Gasteiger partial charge in [-0.05, 0) is 48.5 Å². The van der Waals surface area contributed by atoms with Crippen molar-refractivity contribution in [1.82, 2.24) is 10.9 Å². The van der Waals surface area contributed by atoms with Gasteiger partial charge >= 0.3 is 0 Å². The minimum absolute atomic E-state index is 0.117. The van der Waals surface area contributed by atoms with Crippen molar-refractivity contribution in [1.29, 1.82) is 0 Å². The Morgan fingerprint density at radius 2 is 1.56 bits per heavy atom. The largest absolute Gasteiger partial charge is 0.288 e. The number of halogens is 3. The molecular weight excluding hydrogens is 390 g/mol. The Morgan fingerprint density at radius 3 is 2.16 bits per heavy atom. The van der Waals surface area contributed by atoms with Crippen LogP contribution >= 0.6 is 35.1 Å². The molecule has 0 aromatic heterocycles. The number of rotatable bonds is 6. The second kappa shape index (κ2) is 9.65. The minimum atomic E-state index is -2.52. The predicted octanol–water partition coefficient (Wildman–Crippen LogP) is 4.21. The monoisotopic (exact) mass is 402 g/mol. The smallest absolute Gasteiger partial charge is 0.272 e. The first-order valence-electron chi connectivity index (χ1n) is 6.96. The van der Waals surface area contributed by atoms with E-state index in [1.54, 1.807) is 24.3 Å². The standard InChI is InChI=1S/C16H13ClF2N2O2S2/c17-11-3-7-12(8-4-11)24-9-14(22)20-21-15(23)10-1-5-13(6-2-10)25-16(18)19/h1-8,16H,9H2,(H,20,22)(H,21,23). The summed E-state index contributed by atoms with van der Waals surface area (Å²) in [4.78, 5) is 24.9. The number of amides is 2. The topological polar surface area (TPSA) is 58.2 Å². The first-order chi connectivity index (χ1) is 11.9. The number of hydrogen-bond acceptors (Lipinski definition) is 4. The summed E-state index contributed by atoms with van der Waals surface area (Å²) in [6, 6.07) is 12.7. The van der Waals surface area contributed by atoms with E-state index in [0.29, 0.717) is 21.7 Å². The SMILES string of the molecule is O=C(CSc1ccc(Cl)cc1)NNC(=O)c1ccc(SC(F)F)cc1. The molecule has 2 rings (SSSR count). The summed E-state index contributed by atoms with van der Waals surface area (Å²) in [5.74, 6) is -3.31. The van der Waals surface area contributed by atoms with E-state index in [-0.39, 0.29) is 17.2 Å². The number of hydrazine groups is 1. The molecule has 0 saturated carbocycles. The second-order valence-electron chi connectivity index (χ2n) is 4.65. The first-order valence-corrected chi connectivity index (χ1v) is 9.21. The highest BCUT2D eigenvalue weighted by molar-refractivity contribution is 8.00. The van der Waals surface area contributed by atoms with Crippen molar-refractivity contribution in [3.63, 3.8) is 0 Å². The fourth-order valence-electron chi connectivity index (χ4n) is 1.70. The van der Waals surface area contributed by atoms with Crippen LogP contribution in [0.5, 0.6) is 0 Å². The Labute approximate surface area is 156 Å². The third-order valence-corrected chi connectivity index (χ3v) is 4.83. The Balaban J connectivity index is 1.76. The number of carbonyl (C=O) groups excluding carboxylic acids is 2. The van der Waals surface area contributed by atoms with Crippen LogP contribution in [0.3, 0.4) is 0 Å². The van der Waals surface area contributed by atoms with Crippen molar-refractivity contribution in [2.24, 2.45) is 0 Å². The van der Waals surface area contributed by atoms with Gasteiger partial charge < -0.3 is 0 Å². The van der Waals surface area contributed by atoms with Gasteiger partial charge in [0, 0.05) is 20.4 Å². The number of thioether (sulfide) groups is 2. The lowest BCUT2D eigenvalue weighted by Gasteiger charge is -2.08. The molecule has 0 radical (unpaired) electrons. The molecule has 2 aromatic rings. The van der Waals surface area contributed by atoms with Crippen molar-refractivity contribution >= 4 is 46.9 Å². The van der Waals surface area contributed by atoms with Crippen LogP contribution in [0.2, 0.25) is 5.02 Å². The number of benzene rings is 2. The number of alkyl halides is 2. The molecule has 0 heterocycles. The van der Waals surface area contributed by atoms with E-state index in [0.717, 1.165) is 4.90 Å². The van der Waals surface area contributed by atoms with Gasteiger partial charge in [-0.15, -0.1) is 11.8 Å². The lowest BCUT2D eigenvalue weighted by molar-refractivity contribution is -0.119. The van der Waals surface area contributed by atoms with Gasteiger partial charge in [0.1, 0.15) is 0 Å². The first kappa shape index (κ1) is 19.6. The van der Waals surface area contributed by atoms with Crippen LogP contribution in [-0.2, 0) is 4.79 Å². The number of carbonyl (C=O) groups is 2. The molecule has 0 aliphatic heterocycles. The van der Waals surface area contributed by atoms with E-state index in [1.165, 1.54) is 36.0 Å². The summed E-state index contributed by atoms with van der Waals surface area (Å²) in [7, 11) is 0. The molecule has 0 spiro atoms. The fraction of sp³-hybridized carbons (Fsp3) is 0.125. The van der Waals surface area contributed by atoms with E-state index >= 15 is 0 Å². The maximum absolute atomic E-state index is 12.2. The van der Waals surface area contributed by atoms with E-state index in [2.05, 4.69) is 10.9 Å². The molecule has 9 heteroatoms. The Bertz CT molecular complexity index is 728. The quantitative estimate of drug-likeness (QED) is 0.561. The Kier molecular flexibility index (Phi) is 7.54. The highest BCUT2D eigenvalue weighted by Gasteiger charge is 2.10. The normalized spacial score (nSPS) is 10.6. The van der Waals surface area contributed by atoms with Crippen LogP contribution in [0, 0.1) is 0 Å². The minimum Gasteiger partial charge on any atom is -0.272 e. The third kappa shape index (κ3) is 6.93. The van der Waals surface area contributed by atoms with Gasteiger partial charge in [0.2, 0.25) is 5.91 Å². The third-order valence-electron chi connectivity index (χ3n) is 2.84. The molecule has 2 N–H and O–H groups in total. The van der Waals surface area contributed by atoms with E-state index < -0.39 is 11.7 Å². The predicted molar refractivity (Wildman–Crippen MR) is 96.1 cm³/mol. The lowest BCUT2D eigenvalue weighted by Crippen LogP contribution is -2.42. The molecule has 0 atom stereocenters. The number of hydrogen-bond donors (Lipinski definition) is 2. The summed E-state index contributed by atoms with van der Waals surface area (Å²) in [5.41, 5.74) is 4.83. The molecule has 0 aliphatic carbocycles. The summed E-state index contributed by atoms with van der Waals surface area (Å²) in [6.45, 7) is 0. The van der Waals surface area contributed by atoms with Gasteiger partial charge in [0.15, 0.2) is 0 Å². The highest BCUT2D eigenvalue weighted by Crippen LogP contribution is 2.25. The van der Waals surface area contributed by atoms with Crippen LogP contribution in [0.4, 0.5) is 8.78 Å². The van der Waals surface area contributed by atoms with Crippen molar-refractivity contribution in [3.8, 4) is 0 Å². The van der Waals surface area contributed by atoms with Crippen LogP contribution in [0.15, 0.2) is 58.3 Å². The molecule has 0 fully saturated rings. The van der Waals surface area contributed by atoms with Gasteiger partial charge in [-0.1, -0.05) is 23.4 Å². The van der Waals surface area contributed by atoms with Gasteiger partial charge in [-0.3, -0.25) is 20.4 Å². The van der Waals surface area contributed by atoms with Crippen molar-refractivity contribution < 1.29 is 18.4 Å². The Morgan fingerprint density at radius 1 is 0.960 bits per heavy atom.